The molecule has 5 nitrogen and oxygen atoms in total. The van der Waals surface area contributed by atoms with Crippen LogP contribution in [0.25, 0.3) is 0 Å². The zero-order valence-corrected chi connectivity index (χ0v) is 16.1. The molecule has 2 atom stereocenters. The first kappa shape index (κ1) is 17.4. The number of rotatable bonds is 4. The highest BCUT2D eigenvalue weighted by atomic mass is 32.1. The first-order valence-corrected chi connectivity index (χ1v) is 10.7. The Morgan fingerprint density at radius 1 is 1.20 bits per heavy atom. The number of anilines is 1. The van der Waals surface area contributed by atoms with Crippen molar-refractivity contribution < 1.29 is 4.79 Å². The van der Waals surface area contributed by atoms with Crippen molar-refractivity contribution in [3.05, 3.63) is 11.1 Å². The van der Waals surface area contributed by atoms with E-state index in [0.717, 1.165) is 41.0 Å². The summed E-state index contributed by atoms with van der Waals surface area (Å²) in [5, 5.41) is 3.69. The maximum Gasteiger partial charge on any atom is 0.240 e. The third-order valence-electron chi connectivity index (χ3n) is 6.15. The monoisotopic (exact) mass is 362 g/mol. The van der Waals surface area contributed by atoms with Gasteiger partial charge in [-0.05, 0) is 57.5 Å². The van der Waals surface area contributed by atoms with Gasteiger partial charge in [-0.3, -0.25) is 14.6 Å². The molecular formula is C19H30N4OS. The lowest BCUT2D eigenvalue weighted by Gasteiger charge is -2.52. The quantitative estimate of drug-likeness (QED) is 0.895. The summed E-state index contributed by atoms with van der Waals surface area (Å²) in [5.74, 6) is 1.59. The number of carbonyl (C=O) groups is 1. The van der Waals surface area contributed by atoms with Crippen LogP contribution in [0.4, 0.5) is 5.13 Å². The molecular weight excluding hydrogens is 332 g/mol. The smallest absolute Gasteiger partial charge is 0.240 e. The Balaban J connectivity index is 1.35. The predicted octanol–water partition coefficient (Wildman–Crippen LogP) is 2.98. The summed E-state index contributed by atoms with van der Waals surface area (Å²) in [6.45, 7) is 7.28. The number of aryl methyl sites for hydroxylation is 1. The third-order valence-corrected chi connectivity index (χ3v) is 6.98. The topological polar surface area (TPSA) is 48.5 Å². The lowest BCUT2D eigenvalue weighted by atomic mass is 9.72. The number of aromatic nitrogens is 1. The highest BCUT2D eigenvalue weighted by Gasteiger charge is 2.42. The molecule has 2 bridgehead atoms. The number of amides is 1. The average Bonchev–Trinajstić information content (AvgIpc) is 2.99. The minimum atomic E-state index is 0.0869. The van der Waals surface area contributed by atoms with E-state index in [0.29, 0.717) is 6.54 Å². The fraction of sp³-hybridized carbons (Fsp3) is 0.789. The van der Waals surface area contributed by atoms with E-state index in [2.05, 4.69) is 20.1 Å². The Bertz CT molecular complexity index is 584. The molecule has 1 saturated carbocycles. The van der Waals surface area contributed by atoms with Crippen molar-refractivity contribution in [2.75, 3.05) is 38.0 Å². The molecule has 2 aliphatic heterocycles. The van der Waals surface area contributed by atoms with Crippen molar-refractivity contribution in [2.24, 2.45) is 11.8 Å². The Morgan fingerprint density at radius 3 is 2.56 bits per heavy atom. The van der Waals surface area contributed by atoms with Gasteiger partial charge in [0.1, 0.15) is 0 Å². The molecule has 1 N–H and O–H groups in total. The van der Waals surface area contributed by atoms with Crippen molar-refractivity contribution in [2.45, 2.75) is 51.5 Å². The van der Waals surface area contributed by atoms with Crippen molar-refractivity contribution in [3.63, 3.8) is 0 Å². The first-order valence-electron chi connectivity index (χ1n) is 9.88. The van der Waals surface area contributed by atoms with E-state index in [1.165, 1.54) is 51.6 Å². The van der Waals surface area contributed by atoms with Crippen LogP contribution in [0.15, 0.2) is 6.20 Å². The standard InChI is InChI=1S/C19H30N4OS/c1-14-10-20-19(25-14)21-17(24)13-22-11-15-6-5-7-16(12-22)18(15)23-8-3-2-4-9-23/h10,15-16,18H,2-9,11-13H2,1H3,(H,20,21,24). The lowest BCUT2D eigenvalue weighted by Crippen LogP contribution is -2.59. The number of hydrogen-bond acceptors (Lipinski definition) is 5. The number of carbonyl (C=O) groups excluding carboxylic acids is 1. The van der Waals surface area contributed by atoms with Crippen molar-refractivity contribution in [1.82, 2.24) is 14.8 Å². The van der Waals surface area contributed by atoms with E-state index in [-0.39, 0.29) is 5.91 Å². The number of hydrogen-bond donors (Lipinski definition) is 1. The van der Waals surface area contributed by atoms with Crippen LogP contribution in [0.3, 0.4) is 0 Å². The third kappa shape index (κ3) is 4.07. The normalized spacial score (nSPS) is 31.0. The molecule has 1 aromatic heterocycles. The molecule has 0 radical (unpaired) electrons. The van der Waals surface area contributed by atoms with E-state index >= 15 is 0 Å². The molecule has 25 heavy (non-hydrogen) atoms. The van der Waals surface area contributed by atoms with E-state index < -0.39 is 0 Å². The highest BCUT2D eigenvalue weighted by molar-refractivity contribution is 7.15. The second kappa shape index (κ2) is 7.72. The number of nitrogens with one attached hydrogen (secondary N) is 1. The molecule has 1 amide bonds. The minimum Gasteiger partial charge on any atom is -0.301 e. The fourth-order valence-corrected chi connectivity index (χ4v) is 5.90. The Morgan fingerprint density at radius 2 is 1.92 bits per heavy atom. The molecule has 1 aromatic rings. The van der Waals surface area contributed by atoms with Gasteiger partial charge in [0.05, 0.1) is 6.54 Å². The summed E-state index contributed by atoms with van der Waals surface area (Å²) in [4.78, 5) is 22.9. The average molecular weight is 363 g/mol. The van der Waals surface area contributed by atoms with Crippen molar-refractivity contribution >= 4 is 22.4 Å². The summed E-state index contributed by atoms with van der Waals surface area (Å²) >= 11 is 1.55. The Kier molecular flexibility index (Phi) is 5.39. The van der Waals surface area contributed by atoms with Crippen LogP contribution < -0.4 is 5.32 Å². The summed E-state index contributed by atoms with van der Waals surface area (Å²) in [7, 11) is 0. The van der Waals surface area contributed by atoms with E-state index in [1.807, 2.05) is 13.1 Å². The number of fused-ring (bicyclic) bond motifs is 2. The maximum absolute atomic E-state index is 12.4. The van der Waals surface area contributed by atoms with Gasteiger partial charge in [-0.1, -0.05) is 12.8 Å². The van der Waals surface area contributed by atoms with Gasteiger partial charge in [0.25, 0.3) is 0 Å². The van der Waals surface area contributed by atoms with Crippen molar-refractivity contribution in [3.8, 4) is 0 Å². The number of thiazole rings is 1. The van der Waals surface area contributed by atoms with Crippen LogP contribution in [-0.2, 0) is 4.79 Å². The Hall–Kier alpha value is -0.980. The van der Waals surface area contributed by atoms with Gasteiger partial charge in [-0.2, -0.15) is 0 Å². The van der Waals surface area contributed by atoms with Crippen LogP contribution in [0, 0.1) is 18.8 Å². The van der Waals surface area contributed by atoms with Gasteiger partial charge in [0, 0.05) is 30.2 Å². The summed E-state index contributed by atoms with van der Waals surface area (Å²) in [5.41, 5.74) is 0. The number of nitrogens with zero attached hydrogens (tertiary/aromatic N) is 3. The SMILES string of the molecule is Cc1cnc(NC(=O)CN2CC3CCCC(C2)C3N2CCCCC2)s1. The first-order chi connectivity index (χ1) is 12.2. The zero-order valence-electron chi connectivity index (χ0n) is 15.2. The van der Waals surface area contributed by atoms with Crippen LogP contribution in [0.1, 0.15) is 43.4 Å². The fourth-order valence-electron chi connectivity index (χ4n) is 5.22. The number of likely N-dealkylation sites (tertiary alicyclic amines) is 2. The van der Waals surface area contributed by atoms with Crippen LogP contribution in [0.2, 0.25) is 0 Å². The molecule has 0 aromatic carbocycles. The van der Waals surface area contributed by atoms with Crippen LogP contribution >= 0.6 is 11.3 Å². The minimum absolute atomic E-state index is 0.0869. The summed E-state index contributed by atoms with van der Waals surface area (Å²) in [6.07, 6.45) is 10.0. The second-order valence-electron chi connectivity index (χ2n) is 8.06. The van der Waals surface area contributed by atoms with Gasteiger partial charge in [0.15, 0.2) is 5.13 Å². The van der Waals surface area contributed by atoms with E-state index in [1.54, 1.807) is 11.3 Å². The summed E-state index contributed by atoms with van der Waals surface area (Å²) < 4.78 is 0. The second-order valence-corrected chi connectivity index (χ2v) is 9.29. The van der Waals surface area contributed by atoms with Crippen molar-refractivity contribution in [1.29, 1.82) is 0 Å². The molecule has 2 unspecified atom stereocenters. The maximum atomic E-state index is 12.4. The molecule has 0 spiro atoms. The van der Waals surface area contributed by atoms with E-state index in [4.69, 9.17) is 0 Å². The molecule has 1 aliphatic carbocycles. The molecule has 138 valence electrons. The molecule has 3 aliphatic rings. The predicted molar refractivity (Wildman–Crippen MR) is 102 cm³/mol. The van der Waals surface area contributed by atoms with Gasteiger partial charge in [0.2, 0.25) is 5.91 Å². The van der Waals surface area contributed by atoms with Crippen LogP contribution in [0.5, 0.6) is 0 Å². The summed E-state index contributed by atoms with van der Waals surface area (Å²) in [6, 6.07) is 0.773. The van der Waals surface area contributed by atoms with E-state index in [9.17, 15) is 4.79 Å². The molecule has 4 rings (SSSR count). The Labute approximate surface area is 154 Å². The molecule has 3 fully saturated rings. The van der Waals surface area contributed by atoms with Gasteiger partial charge < -0.3 is 5.32 Å². The molecule has 3 heterocycles. The molecule has 2 saturated heterocycles. The van der Waals surface area contributed by atoms with Gasteiger partial charge in [-0.25, -0.2) is 4.98 Å². The number of piperidine rings is 2. The van der Waals surface area contributed by atoms with Crippen LogP contribution in [-0.4, -0.2) is 59.5 Å². The molecule has 6 heteroatoms. The van der Waals surface area contributed by atoms with Gasteiger partial charge in [-0.15, -0.1) is 11.3 Å². The largest absolute Gasteiger partial charge is 0.301 e. The lowest BCUT2D eigenvalue weighted by molar-refractivity contribution is -0.119. The highest BCUT2D eigenvalue weighted by Crippen LogP contribution is 2.38. The zero-order chi connectivity index (χ0) is 17.2. The van der Waals surface area contributed by atoms with Gasteiger partial charge >= 0.3 is 0 Å².